The molecule has 2 unspecified atom stereocenters. The molecule has 0 aliphatic heterocycles. The minimum atomic E-state index is -0.251. The van der Waals surface area contributed by atoms with E-state index in [1.165, 1.54) is 6.07 Å². The van der Waals surface area contributed by atoms with Crippen LogP contribution in [0.2, 0.25) is 5.02 Å². The van der Waals surface area contributed by atoms with Crippen LogP contribution in [0.1, 0.15) is 18.9 Å². The molecule has 1 aromatic rings. The Morgan fingerprint density at radius 2 is 2.22 bits per heavy atom. The number of nitrogens with two attached hydrogens (primary N) is 1. The predicted octanol–water partition coefficient (Wildman–Crippen LogP) is 2.53. The Bertz CT molecular complexity index is 376. The molecule has 0 aliphatic carbocycles. The van der Waals surface area contributed by atoms with Gasteiger partial charge < -0.3 is 4.74 Å². The molecular formula is C13H20ClFN2O. The van der Waals surface area contributed by atoms with Crippen LogP contribution >= 0.6 is 11.6 Å². The lowest BCUT2D eigenvalue weighted by molar-refractivity contribution is 0.149. The highest BCUT2D eigenvalue weighted by Gasteiger charge is 2.15. The molecule has 0 fully saturated rings. The SMILES string of the molecule is COCC(C)CC(Cc1cc(Cl)ccc1F)NN. The Kier molecular flexibility index (Phi) is 6.57. The average Bonchev–Trinajstić information content (AvgIpc) is 2.33. The van der Waals surface area contributed by atoms with Crippen LogP contribution < -0.4 is 11.3 Å². The van der Waals surface area contributed by atoms with Gasteiger partial charge in [0.05, 0.1) is 0 Å². The first-order chi connectivity index (χ1) is 8.56. The van der Waals surface area contributed by atoms with Crippen LogP contribution in [0.3, 0.4) is 0 Å². The molecule has 102 valence electrons. The molecule has 0 amide bonds. The fourth-order valence-corrected chi connectivity index (χ4v) is 2.21. The summed E-state index contributed by atoms with van der Waals surface area (Å²) in [6.45, 7) is 2.73. The third-order valence-corrected chi connectivity index (χ3v) is 3.08. The van der Waals surface area contributed by atoms with E-state index in [2.05, 4.69) is 12.3 Å². The molecule has 0 bridgehead atoms. The maximum absolute atomic E-state index is 13.6. The lowest BCUT2D eigenvalue weighted by atomic mass is 9.97. The Morgan fingerprint density at radius 3 is 2.83 bits per heavy atom. The zero-order valence-corrected chi connectivity index (χ0v) is 11.5. The quantitative estimate of drug-likeness (QED) is 0.593. The van der Waals surface area contributed by atoms with Gasteiger partial charge in [-0.15, -0.1) is 0 Å². The first-order valence-corrected chi connectivity index (χ1v) is 6.33. The zero-order valence-electron chi connectivity index (χ0n) is 10.7. The Labute approximate surface area is 112 Å². The Morgan fingerprint density at radius 1 is 1.50 bits per heavy atom. The van der Waals surface area contributed by atoms with E-state index in [4.69, 9.17) is 22.2 Å². The molecule has 5 heteroatoms. The van der Waals surface area contributed by atoms with Crippen molar-refractivity contribution in [3.05, 3.63) is 34.6 Å². The second kappa shape index (κ2) is 7.69. The largest absolute Gasteiger partial charge is 0.384 e. The van der Waals surface area contributed by atoms with Gasteiger partial charge in [0, 0.05) is 24.8 Å². The van der Waals surface area contributed by atoms with Crippen LogP contribution in [0.15, 0.2) is 18.2 Å². The summed E-state index contributed by atoms with van der Waals surface area (Å²) in [6.07, 6.45) is 1.33. The van der Waals surface area contributed by atoms with Crippen molar-refractivity contribution in [1.29, 1.82) is 0 Å². The number of benzene rings is 1. The van der Waals surface area contributed by atoms with Crippen LogP contribution in [0, 0.1) is 11.7 Å². The summed E-state index contributed by atoms with van der Waals surface area (Å²) in [4.78, 5) is 0. The van der Waals surface area contributed by atoms with Crippen LogP contribution in [0.5, 0.6) is 0 Å². The second-order valence-corrected chi connectivity index (χ2v) is 5.04. The van der Waals surface area contributed by atoms with Gasteiger partial charge in [0.15, 0.2) is 0 Å². The van der Waals surface area contributed by atoms with Gasteiger partial charge in [-0.1, -0.05) is 18.5 Å². The van der Waals surface area contributed by atoms with Gasteiger partial charge in [0.1, 0.15) is 5.82 Å². The van der Waals surface area contributed by atoms with Gasteiger partial charge in [-0.2, -0.15) is 0 Å². The highest BCUT2D eigenvalue weighted by molar-refractivity contribution is 6.30. The summed E-state index contributed by atoms with van der Waals surface area (Å²) >= 11 is 5.86. The van der Waals surface area contributed by atoms with E-state index in [1.807, 2.05) is 0 Å². The molecule has 0 saturated heterocycles. The molecule has 3 nitrogen and oxygen atoms in total. The first kappa shape index (κ1) is 15.4. The number of methoxy groups -OCH3 is 1. The third kappa shape index (κ3) is 4.90. The van der Waals surface area contributed by atoms with Crippen molar-refractivity contribution in [1.82, 2.24) is 5.43 Å². The van der Waals surface area contributed by atoms with Crippen molar-refractivity contribution >= 4 is 11.6 Å². The molecule has 1 rings (SSSR count). The number of halogens is 2. The molecule has 0 radical (unpaired) electrons. The van der Waals surface area contributed by atoms with Gasteiger partial charge in [-0.05, 0) is 42.5 Å². The Balaban J connectivity index is 2.64. The number of nitrogens with one attached hydrogen (secondary N) is 1. The lowest BCUT2D eigenvalue weighted by Gasteiger charge is -2.20. The predicted molar refractivity (Wildman–Crippen MR) is 71.9 cm³/mol. The fourth-order valence-electron chi connectivity index (χ4n) is 2.01. The van der Waals surface area contributed by atoms with Gasteiger partial charge in [0.25, 0.3) is 0 Å². The van der Waals surface area contributed by atoms with E-state index >= 15 is 0 Å². The number of ether oxygens (including phenoxy) is 1. The van der Waals surface area contributed by atoms with Crippen LogP contribution in [-0.4, -0.2) is 19.8 Å². The number of hydrogen-bond acceptors (Lipinski definition) is 3. The standard InChI is InChI=1S/C13H20ClFN2O/c1-9(8-18-2)5-12(17-16)7-10-6-11(14)3-4-13(10)15/h3-4,6,9,12,17H,5,7-8,16H2,1-2H3. The van der Waals surface area contributed by atoms with E-state index in [1.54, 1.807) is 19.2 Å². The van der Waals surface area contributed by atoms with Crippen molar-refractivity contribution < 1.29 is 9.13 Å². The lowest BCUT2D eigenvalue weighted by Crippen LogP contribution is -2.38. The van der Waals surface area contributed by atoms with Gasteiger partial charge in [0.2, 0.25) is 0 Å². The monoisotopic (exact) mass is 274 g/mol. The summed E-state index contributed by atoms with van der Waals surface area (Å²) in [5.74, 6) is 5.62. The van der Waals surface area contributed by atoms with E-state index in [0.717, 1.165) is 6.42 Å². The average molecular weight is 275 g/mol. The van der Waals surface area contributed by atoms with Crippen molar-refractivity contribution in [3.8, 4) is 0 Å². The normalized spacial score (nSPS) is 14.5. The fraction of sp³-hybridized carbons (Fsp3) is 0.538. The van der Waals surface area contributed by atoms with Gasteiger partial charge >= 0.3 is 0 Å². The number of rotatable bonds is 7. The third-order valence-electron chi connectivity index (χ3n) is 2.85. The maximum atomic E-state index is 13.6. The van der Waals surface area contributed by atoms with Crippen molar-refractivity contribution in [2.24, 2.45) is 11.8 Å². The molecule has 2 atom stereocenters. The minimum Gasteiger partial charge on any atom is -0.384 e. The van der Waals surface area contributed by atoms with E-state index in [0.29, 0.717) is 29.5 Å². The van der Waals surface area contributed by atoms with Crippen LogP contribution in [0.25, 0.3) is 0 Å². The first-order valence-electron chi connectivity index (χ1n) is 5.95. The highest BCUT2D eigenvalue weighted by Crippen LogP contribution is 2.18. The molecule has 0 spiro atoms. The van der Waals surface area contributed by atoms with E-state index in [9.17, 15) is 4.39 Å². The summed E-state index contributed by atoms with van der Waals surface area (Å²) in [7, 11) is 1.66. The van der Waals surface area contributed by atoms with E-state index in [-0.39, 0.29) is 11.9 Å². The highest BCUT2D eigenvalue weighted by atomic mass is 35.5. The molecule has 0 aliphatic rings. The number of hydrazine groups is 1. The minimum absolute atomic E-state index is 0.00289. The zero-order chi connectivity index (χ0) is 13.5. The summed E-state index contributed by atoms with van der Waals surface area (Å²) in [6, 6.07) is 4.56. The smallest absolute Gasteiger partial charge is 0.126 e. The molecule has 0 heterocycles. The number of hydrogen-bond donors (Lipinski definition) is 2. The van der Waals surface area contributed by atoms with Crippen molar-refractivity contribution in [2.75, 3.05) is 13.7 Å². The molecule has 0 aromatic heterocycles. The van der Waals surface area contributed by atoms with Gasteiger partial charge in [-0.3, -0.25) is 11.3 Å². The summed E-state index contributed by atoms with van der Waals surface area (Å²) in [5, 5.41) is 0.534. The van der Waals surface area contributed by atoms with Crippen LogP contribution in [-0.2, 0) is 11.2 Å². The Hall–Kier alpha value is -0.680. The summed E-state index contributed by atoms with van der Waals surface area (Å²) < 4.78 is 18.7. The van der Waals surface area contributed by atoms with Gasteiger partial charge in [-0.25, -0.2) is 4.39 Å². The van der Waals surface area contributed by atoms with Crippen molar-refractivity contribution in [3.63, 3.8) is 0 Å². The second-order valence-electron chi connectivity index (χ2n) is 4.60. The molecular weight excluding hydrogens is 255 g/mol. The molecule has 3 N–H and O–H groups in total. The summed E-state index contributed by atoms with van der Waals surface area (Å²) in [5.41, 5.74) is 3.30. The van der Waals surface area contributed by atoms with Crippen LogP contribution in [0.4, 0.5) is 4.39 Å². The topological polar surface area (TPSA) is 47.3 Å². The molecule has 1 aromatic carbocycles. The maximum Gasteiger partial charge on any atom is 0.126 e. The molecule has 18 heavy (non-hydrogen) atoms. The van der Waals surface area contributed by atoms with Crippen molar-refractivity contribution in [2.45, 2.75) is 25.8 Å². The molecule has 0 saturated carbocycles. The van der Waals surface area contributed by atoms with E-state index < -0.39 is 0 Å².